The standard InChI is InChI=1S/C19H20N6OS2/c20-10-13(17-22-14-8-4-5-9-15(14)23-17)16(26)11-27-19-25-24-18(28-19)21-12-6-2-1-3-7-12/h4-5,8-9,12,26H,1-3,6-7,11H2,(H,21,24)(H,22,23)/b16-13-. The number of rotatable bonds is 6. The zero-order chi connectivity index (χ0) is 19.3. The predicted octanol–water partition coefficient (Wildman–Crippen LogP) is 4.74. The number of nitrogens with zero attached hydrogens (tertiary/aromatic N) is 4. The van der Waals surface area contributed by atoms with Crippen LogP contribution < -0.4 is 5.32 Å². The van der Waals surface area contributed by atoms with Gasteiger partial charge in [-0.2, -0.15) is 5.26 Å². The maximum Gasteiger partial charge on any atom is 0.206 e. The van der Waals surface area contributed by atoms with Crippen molar-refractivity contribution >= 4 is 44.8 Å². The van der Waals surface area contributed by atoms with Gasteiger partial charge in [0.15, 0.2) is 10.2 Å². The first-order valence-corrected chi connectivity index (χ1v) is 11.0. The Morgan fingerprint density at radius 1 is 1.29 bits per heavy atom. The summed E-state index contributed by atoms with van der Waals surface area (Å²) in [5.74, 6) is 0.583. The minimum absolute atomic E-state index is 0.0245. The third-order valence-corrected chi connectivity index (χ3v) is 6.70. The van der Waals surface area contributed by atoms with Crippen molar-refractivity contribution in [3.8, 4) is 6.07 Å². The number of para-hydroxylation sites is 2. The molecule has 4 rings (SSSR count). The quantitative estimate of drug-likeness (QED) is 0.304. The van der Waals surface area contributed by atoms with Crippen molar-refractivity contribution in [1.82, 2.24) is 20.2 Å². The van der Waals surface area contributed by atoms with Gasteiger partial charge in [-0.15, -0.1) is 10.2 Å². The first-order chi connectivity index (χ1) is 13.7. The van der Waals surface area contributed by atoms with E-state index >= 15 is 0 Å². The van der Waals surface area contributed by atoms with E-state index in [1.54, 1.807) is 0 Å². The number of aromatic nitrogens is 4. The summed E-state index contributed by atoms with van der Waals surface area (Å²) in [5.41, 5.74) is 1.73. The summed E-state index contributed by atoms with van der Waals surface area (Å²) in [4.78, 5) is 7.47. The number of benzene rings is 1. The van der Waals surface area contributed by atoms with Crippen LogP contribution in [0.25, 0.3) is 16.6 Å². The first-order valence-electron chi connectivity index (χ1n) is 9.23. The van der Waals surface area contributed by atoms with E-state index < -0.39 is 0 Å². The van der Waals surface area contributed by atoms with Crippen LogP contribution in [0.15, 0.2) is 34.4 Å². The molecule has 2 heterocycles. The molecule has 0 saturated heterocycles. The lowest BCUT2D eigenvalue weighted by molar-refractivity contribution is 0.420. The van der Waals surface area contributed by atoms with Crippen molar-refractivity contribution in [1.29, 1.82) is 5.26 Å². The molecule has 3 aromatic rings. The number of nitrogens with one attached hydrogen (secondary N) is 2. The van der Waals surface area contributed by atoms with Crippen molar-refractivity contribution in [2.75, 3.05) is 11.1 Å². The SMILES string of the molecule is N#C/C(=C(/O)CSc1nnc(NC2CCCCC2)s1)c1nc2ccccc2[nH]1. The minimum atomic E-state index is -0.0245. The largest absolute Gasteiger partial charge is 0.510 e. The second kappa shape index (κ2) is 8.63. The van der Waals surface area contributed by atoms with Gasteiger partial charge in [0, 0.05) is 6.04 Å². The molecule has 1 aliphatic carbocycles. The fraction of sp³-hybridized carbons (Fsp3) is 0.368. The van der Waals surface area contributed by atoms with Crippen LogP contribution in [0, 0.1) is 11.3 Å². The van der Waals surface area contributed by atoms with Gasteiger partial charge in [0.2, 0.25) is 5.13 Å². The van der Waals surface area contributed by atoms with Gasteiger partial charge in [-0.3, -0.25) is 0 Å². The molecule has 28 heavy (non-hydrogen) atoms. The Kier molecular flexibility index (Phi) is 5.78. The second-order valence-electron chi connectivity index (χ2n) is 6.68. The van der Waals surface area contributed by atoms with E-state index in [1.807, 2.05) is 24.3 Å². The molecule has 7 nitrogen and oxygen atoms in total. The number of imidazole rings is 1. The molecule has 144 valence electrons. The summed E-state index contributed by atoms with van der Waals surface area (Å²) < 4.78 is 0.756. The molecule has 9 heteroatoms. The normalized spacial score (nSPS) is 16.0. The number of fused-ring (bicyclic) bond motifs is 1. The van der Waals surface area contributed by atoms with Crippen LogP contribution in [0.1, 0.15) is 37.9 Å². The summed E-state index contributed by atoms with van der Waals surface area (Å²) in [6.45, 7) is 0. The molecule has 0 radical (unpaired) electrons. The number of nitriles is 1. The number of thioether (sulfide) groups is 1. The Balaban J connectivity index is 1.42. The molecule has 2 aromatic heterocycles. The van der Waals surface area contributed by atoms with Crippen molar-refractivity contribution in [3.63, 3.8) is 0 Å². The molecule has 0 bridgehead atoms. The third-order valence-electron chi connectivity index (χ3n) is 4.70. The van der Waals surface area contributed by atoms with E-state index in [1.165, 1.54) is 55.2 Å². The van der Waals surface area contributed by atoms with Crippen LogP contribution in [0.5, 0.6) is 0 Å². The van der Waals surface area contributed by atoms with Crippen LogP contribution in [0.2, 0.25) is 0 Å². The summed E-state index contributed by atoms with van der Waals surface area (Å²) in [6.07, 6.45) is 6.18. The van der Waals surface area contributed by atoms with Crippen molar-refractivity contribution in [2.45, 2.75) is 42.5 Å². The minimum Gasteiger partial charge on any atom is -0.510 e. The molecular weight excluding hydrogens is 392 g/mol. The van der Waals surface area contributed by atoms with Crippen molar-refractivity contribution < 1.29 is 5.11 Å². The van der Waals surface area contributed by atoms with E-state index in [4.69, 9.17) is 0 Å². The summed E-state index contributed by atoms with van der Waals surface area (Å²) in [7, 11) is 0. The van der Waals surface area contributed by atoms with Crippen molar-refractivity contribution in [2.24, 2.45) is 0 Å². The van der Waals surface area contributed by atoms with Gasteiger partial charge in [-0.05, 0) is 25.0 Å². The molecule has 1 aliphatic rings. The van der Waals surface area contributed by atoms with Gasteiger partial charge >= 0.3 is 0 Å². The maximum atomic E-state index is 10.4. The maximum absolute atomic E-state index is 10.4. The number of H-pyrrole nitrogens is 1. The van der Waals surface area contributed by atoms with E-state index in [2.05, 4.69) is 31.6 Å². The zero-order valence-corrected chi connectivity index (χ0v) is 16.8. The number of hydrogen-bond donors (Lipinski definition) is 3. The summed E-state index contributed by atoms with van der Waals surface area (Å²) in [6, 6.07) is 10.0. The highest BCUT2D eigenvalue weighted by Crippen LogP contribution is 2.30. The molecule has 1 saturated carbocycles. The number of allylic oxidation sites excluding steroid dienone is 1. The van der Waals surface area contributed by atoms with Crippen LogP contribution in [0.3, 0.4) is 0 Å². The Bertz CT molecular complexity index is 995. The van der Waals surface area contributed by atoms with E-state index in [9.17, 15) is 10.4 Å². The Morgan fingerprint density at radius 3 is 2.89 bits per heavy atom. The van der Waals surface area contributed by atoms with E-state index in [-0.39, 0.29) is 17.1 Å². The predicted molar refractivity (Wildman–Crippen MR) is 112 cm³/mol. The Hall–Kier alpha value is -2.57. The first kappa shape index (κ1) is 18.8. The number of aliphatic hydroxyl groups is 1. The highest BCUT2D eigenvalue weighted by molar-refractivity contribution is 8.01. The van der Waals surface area contributed by atoms with E-state index in [0.717, 1.165) is 20.5 Å². The number of aliphatic hydroxyl groups excluding tert-OH is 1. The topological polar surface area (TPSA) is 111 Å². The molecule has 0 aliphatic heterocycles. The van der Waals surface area contributed by atoms with Crippen LogP contribution in [-0.2, 0) is 0 Å². The number of anilines is 1. The lowest BCUT2D eigenvalue weighted by Crippen LogP contribution is -2.21. The van der Waals surface area contributed by atoms with Crippen LogP contribution in [-0.4, -0.2) is 37.1 Å². The molecule has 1 aromatic carbocycles. The monoisotopic (exact) mass is 412 g/mol. The molecule has 0 atom stereocenters. The van der Waals surface area contributed by atoms with Gasteiger partial charge in [0.05, 0.1) is 16.8 Å². The lowest BCUT2D eigenvalue weighted by atomic mass is 9.96. The fourth-order valence-corrected chi connectivity index (χ4v) is 4.98. The molecule has 0 spiro atoms. The Morgan fingerprint density at radius 2 is 2.11 bits per heavy atom. The van der Waals surface area contributed by atoms with E-state index in [0.29, 0.717) is 11.9 Å². The molecule has 0 amide bonds. The van der Waals surface area contributed by atoms with Gasteiger partial charge < -0.3 is 15.4 Å². The molecule has 3 N–H and O–H groups in total. The Labute approximate surface area is 170 Å². The van der Waals surface area contributed by atoms with Crippen molar-refractivity contribution in [3.05, 3.63) is 35.8 Å². The van der Waals surface area contributed by atoms with Gasteiger partial charge in [0.25, 0.3) is 0 Å². The zero-order valence-electron chi connectivity index (χ0n) is 15.2. The highest BCUT2D eigenvalue weighted by Gasteiger charge is 2.17. The second-order valence-corrected chi connectivity index (χ2v) is 8.88. The average molecular weight is 413 g/mol. The average Bonchev–Trinajstić information content (AvgIpc) is 3.34. The third kappa shape index (κ3) is 4.29. The van der Waals surface area contributed by atoms with Gasteiger partial charge in [-0.25, -0.2) is 4.98 Å². The molecule has 0 unspecified atom stereocenters. The summed E-state index contributed by atoms with van der Waals surface area (Å²) >= 11 is 2.84. The smallest absolute Gasteiger partial charge is 0.206 e. The molecular formula is C19H20N6OS2. The van der Waals surface area contributed by atoms with Crippen LogP contribution >= 0.6 is 23.1 Å². The van der Waals surface area contributed by atoms with Gasteiger partial charge in [0.1, 0.15) is 17.4 Å². The lowest BCUT2D eigenvalue weighted by Gasteiger charge is -2.21. The fourth-order valence-electron chi connectivity index (χ4n) is 3.28. The van der Waals surface area contributed by atoms with Gasteiger partial charge in [-0.1, -0.05) is 54.5 Å². The summed E-state index contributed by atoms with van der Waals surface area (Å²) in [5, 5.41) is 32.6. The number of hydrogen-bond acceptors (Lipinski definition) is 8. The van der Waals surface area contributed by atoms with Crippen LogP contribution in [0.4, 0.5) is 5.13 Å². The highest BCUT2D eigenvalue weighted by atomic mass is 32.2. The molecule has 1 fully saturated rings. The number of aromatic amines is 1.